The van der Waals surface area contributed by atoms with E-state index < -0.39 is 12.0 Å². The molecular formula is C6H11N3O3. The standard InChI is InChI=1S/C6H9N3O2.H2O/c7-5(6(10)11)1-4-2-8-3-9-4;/h2-3,5H,1,7H2,(H,8,9)(H,10,11);1H2. The maximum Gasteiger partial charge on any atom is 0.320 e. The largest absolute Gasteiger partial charge is 0.480 e. The van der Waals surface area contributed by atoms with Gasteiger partial charge in [0.2, 0.25) is 0 Å². The summed E-state index contributed by atoms with van der Waals surface area (Å²) in [5.41, 5.74) is 6.00. The lowest BCUT2D eigenvalue weighted by molar-refractivity contribution is -0.138. The number of H-pyrrole nitrogens is 1. The summed E-state index contributed by atoms with van der Waals surface area (Å²) in [6, 6.07) is -0.851. The molecule has 0 aliphatic carbocycles. The van der Waals surface area contributed by atoms with Crippen LogP contribution in [-0.2, 0) is 11.2 Å². The van der Waals surface area contributed by atoms with E-state index in [1.54, 1.807) is 6.20 Å². The zero-order valence-electron chi connectivity index (χ0n) is 6.32. The molecule has 0 radical (unpaired) electrons. The first kappa shape index (κ1) is 10.6. The lowest BCUT2D eigenvalue weighted by Crippen LogP contribution is -2.32. The first-order valence-corrected chi connectivity index (χ1v) is 3.16. The Labute approximate surface area is 68.7 Å². The molecule has 1 unspecified atom stereocenters. The Hall–Kier alpha value is -1.40. The van der Waals surface area contributed by atoms with Crippen molar-refractivity contribution in [3.05, 3.63) is 18.2 Å². The van der Waals surface area contributed by atoms with Crippen LogP contribution in [0.15, 0.2) is 12.5 Å². The van der Waals surface area contributed by atoms with Crippen LogP contribution in [-0.4, -0.2) is 32.6 Å². The molecule has 1 aromatic rings. The van der Waals surface area contributed by atoms with E-state index in [0.29, 0.717) is 0 Å². The van der Waals surface area contributed by atoms with Crippen LogP contribution in [0.25, 0.3) is 0 Å². The van der Waals surface area contributed by atoms with Crippen molar-refractivity contribution in [2.45, 2.75) is 12.5 Å². The second kappa shape index (κ2) is 4.47. The highest BCUT2D eigenvalue weighted by Gasteiger charge is 2.11. The number of aromatic amines is 1. The maximum absolute atomic E-state index is 10.3. The van der Waals surface area contributed by atoms with Crippen LogP contribution in [0.4, 0.5) is 0 Å². The Morgan fingerprint density at radius 3 is 2.92 bits per heavy atom. The van der Waals surface area contributed by atoms with E-state index in [1.807, 2.05) is 0 Å². The molecule has 0 aromatic carbocycles. The van der Waals surface area contributed by atoms with Crippen molar-refractivity contribution in [3.63, 3.8) is 0 Å². The summed E-state index contributed by atoms with van der Waals surface area (Å²) >= 11 is 0. The van der Waals surface area contributed by atoms with Crippen molar-refractivity contribution in [2.75, 3.05) is 0 Å². The molecule has 1 rings (SSSR count). The predicted octanol–water partition coefficient (Wildman–Crippen LogP) is -1.46. The second-order valence-electron chi connectivity index (χ2n) is 2.23. The third kappa shape index (κ3) is 2.69. The minimum atomic E-state index is -1.00. The van der Waals surface area contributed by atoms with Crippen LogP contribution in [0.3, 0.4) is 0 Å². The topological polar surface area (TPSA) is 124 Å². The summed E-state index contributed by atoms with van der Waals surface area (Å²) in [4.78, 5) is 16.8. The summed E-state index contributed by atoms with van der Waals surface area (Å²) in [6.45, 7) is 0. The van der Waals surface area contributed by atoms with Crippen molar-refractivity contribution in [2.24, 2.45) is 5.73 Å². The van der Waals surface area contributed by atoms with Gasteiger partial charge in [-0.3, -0.25) is 4.79 Å². The van der Waals surface area contributed by atoms with E-state index in [2.05, 4.69) is 9.97 Å². The molecule has 6 heteroatoms. The highest BCUT2D eigenvalue weighted by molar-refractivity contribution is 5.73. The number of rotatable bonds is 3. The number of nitrogens with two attached hydrogens (primary N) is 1. The van der Waals surface area contributed by atoms with Gasteiger partial charge >= 0.3 is 5.97 Å². The molecule has 1 heterocycles. The monoisotopic (exact) mass is 173 g/mol. The van der Waals surface area contributed by atoms with Gasteiger partial charge in [-0.2, -0.15) is 0 Å². The molecule has 0 bridgehead atoms. The molecule has 6 nitrogen and oxygen atoms in total. The van der Waals surface area contributed by atoms with Crippen LogP contribution in [0.2, 0.25) is 0 Å². The van der Waals surface area contributed by atoms with Gasteiger partial charge in [0, 0.05) is 18.3 Å². The fourth-order valence-electron chi connectivity index (χ4n) is 0.721. The molecule has 0 saturated carbocycles. The van der Waals surface area contributed by atoms with Gasteiger partial charge in [0.15, 0.2) is 0 Å². The van der Waals surface area contributed by atoms with Gasteiger partial charge in [0.25, 0.3) is 0 Å². The molecular weight excluding hydrogens is 162 g/mol. The number of hydrogen-bond donors (Lipinski definition) is 3. The quantitative estimate of drug-likeness (QED) is 0.516. The molecule has 0 aliphatic heterocycles. The summed E-state index contributed by atoms with van der Waals surface area (Å²) in [6.07, 6.45) is 3.34. The van der Waals surface area contributed by atoms with Gasteiger partial charge in [-0.05, 0) is 0 Å². The number of carboxylic acids is 1. The van der Waals surface area contributed by atoms with Gasteiger partial charge in [-0.1, -0.05) is 0 Å². The Morgan fingerprint density at radius 1 is 1.83 bits per heavy atom. The Kier molecular flexibility index (Phi) is 3.95. The van der Waals surface area contributed by atoms with Crippen LogP contribution in [0.1, 0.15) is 5.69 Å². The highest BCUT2D eigenvalue weighted by atomic mass is 16.4. The van der Waals surface area contributed by atoms with Crippen molar-refractivity contribution in [1.82, 2.24) is 9.97 Å². The van der Waals surface area contributed by atoms with E-state index in [0.717, 1.165) is 5.69 Å². The first-order chi connectivity index (χ1) is 5.20. The van der Waals surface area contributed by atoms with Crippen LogP contribution in [0.5, 0.6) is 0 Å². The fraction of sp³-hybridized carbons (Fsp3) is 0.333. The van der Waals surface area contributed by atoms with E-state index in [1.165, 1.54) is 6.33 Å². The molecule has 1 atom stereocenters. The Bertz CT molecular complexity index is 234. The van der Waals surface area contributed by atoms with Gasteiger partial charge in [0.1, 0.15) is 6.04 Å². The average Bonchev–Trinajstić information content (AvgIpc) is 2.39. The van der Waals surface area contributed by atoms with Crippen LogP contribution >= 0.6 is 0 Å². The fourth-order valence-corrected chi connectivity index (χ4v) is 0.721. The molecule has 12 heavy (non-hydrogen) atoms. The van der Waals surface area contributed by atoms with Gasteiger partial charge in [-0.15, -0.1) is 0 Å². The van der Waals surface area contributed by atoms with Gasteiger partial charge in [0.05, 0.1) is 6.33 Å². The number of aromatic nitrogens is 2. The molecule has 0 fully saturated rings. The third-order valence-electron chi connectivity index (χ3n) is 1.31. The molecule has 6 N–H and O–H groups in total. The third-order valence-corrected chi connectivity index (χ3v) is 1.31. The van der Waals surface area contributed by atoms with E-state index in [9.17, 15) is 4.79 Å². The number of carbonyl (C=O) groups is 1. The number of imidazole rings is 1. The van der Waals surface area contributed by atoms with E-state index in [4.69, 9.17) is 10.8 Å². The second-order valence-corrected chi connectivity index (χ2v) is 2.23. The number of hydrogen-bond acceptors (Lipinski definition) is 3. The first-order valence-electron chi connectivity index (χ1n) is 3.16. The molecule has 0 spiro atoms. The minimum absolute atomic E-state index is 0. The van der Waals surface area contributed by atoms with E-state index in [-0.39, 0.29) is 11.9 Å². The highest BCUT2D eigenvalue weighted by Crippen LogP contribution is 1.95. The van der Waals surface area contributed by atoms with Gasteiger partial charge in [-0.25, -0.2) is 4.98 Å². The summed E-state index contributed by atoms with van der Waals surface area (Å²) < 4.78 is 0. The van der Waals surface area contributed by atoms with Crippen LogP contribution in [0, 0.1) is 0 Å². The van der Waals surface area contributed by atoms with Gasteiger partial charge < -0.3 is 21.3 Å². The maximum atomic E-state index is 10.3. The molecule has 68 valence electrons. The predicted molar refractivity (Wildman–Crippen MR) is 41.5 cm³/mol. The number of aliphatic carboxylic acids is 1. The molecule has 1 aromatic heterocycles. The van der Waals surface area contributed by atoms with Crippen LogP contribution < -0.4 is 5.73 Å². The van der Waals surface area contributed by atoms with Crippen molar-refractivity contribution in [1.29, 1.82) is 0 Å². The average molecular weight is 173 g/mol. The molecule has 0 aliphatic rings. The minimum Gasteiger partial charge on any atom is -0.480 e. The summed E-state index contributed by atoms with van der Waals surface area (Å²) in [5, 5.41) is 8.42. The molecule has 0 amide bonds. The zero-order valence-corrected chi connectivity index (χ0v) is 6.32. The van der Waals surface area contributed by atoms with Crippen molar-refractivity contribution >= 4 is 5.97 Å². The Morgan fingerprint density at radius 2 is 2.50 bits per heavy atom. The number of nitrogens with one attached hydrogen (secondary N) is 1. The normalized spacial score (nSPS) is 11.8. The Balaban J connectivity index is 0.00000121. The van der Waals surface area contributed by atoms with Crippen molar-refractivity contribution in [3.8, 4) is 0 Å². The lowest BCUT2D eigenvalue weighted by Gasteiger charge is -2.02. The smallest absolute Gasteiger partial charge is 0.320 e. The molecule has 0 saturated heterocycles. The number of nitrogens with zero attached hydrogens (tertiary/aromatic N) is 1. The van der Waals surface area contributed by atoms with E-state index >= 15 is 0 Å². The summed E-state index contributed by atoms with van der Waals surface area (Å²) in [5.74, 6) is -1.00. The SMILES string of the molecule is NC(Cc1cnc[nH]1)C(=O)O.O. The lowest BCUT2D eigenvalue weighted by atomic mass is 10.2. The number of carboxylic acid groups (broad SMARTS) is 1. The summed E-state index contributed by atoms with van der Waals surface area (Å²) in [7, 11) is 0. The zero-order chi connectivity index (χ0) is 8.27. The van der Waals surface area contributed by atoms with Crippen molar-refractivity contribution < 1.29 is 15.4 Å².